The van der Waals surface area contributed by atoms with Gasteiger partial charge in [0.25, 0.3) is 5.91 Å². The summed E-state index contributed by atoms with van der Waals surface area (Å²) in [5.41, 5.74) is 1.09. The summed E-state index contributed by atoms with van der Waals surface area (Å²) in [7, 11) is -1.41. The van der Waals surface area contributed by atoms with Gasteiger partial charge in [-0.15, -0.1) is 11.8 Å². The molecule has 2 amide bonds. The fourth-order valence-electron chi connectivity index (χ4n) is 2.67. The second-order valence-electron chi connectivity index (χ2n) is 5.52. The number of hydrogen-bond acceptors (Lipinski definition) is 5. The number of fused-ring (bicyclic) bond motifs is 1. The molecule has 118 valence electrons. The van der Waals surface area contributed by atoms with Crippen LogP contribution in [0.5, 0.6) is 0 Å². The van der Waals surface area contributed by atoms with Crippen LogP contribution in [0, 0.1) is 0 Å². The van der Waals surface area contributed by atoms with Gasteiger partial charge in [-0.2, -0.15) is 0 Å². The maximum absolute atomic E-state index is 12.5. The van der Waals surface area contributed by atoms with Gasteiger partial charge < -0.3 is 10.2 Å². The molecule has 1 saturated heterocycles. The zero-order valence-corrected chi connectivity index (χ0v) is 13.7. The number of benzene rings is 1. The summed E-state index contributed by atoms with van der Waals surface area (Å²) in [6.45, 7) is 0. The van der Waals surface area contributed by atoms with Crippen molar-refractivity contribution in [3.05, 3.63) is 23.8 Å². The predicted octanol–water partition coefficient (Wildman–Crippen LogP) is 0.990. The summed E-state index contributed by atoms with van der Waals surface area (Å²) in [5, 5.41) is 2.75. The molecule has 3 rings (SSSR count). The van der Waals surface area contributed by atoms with Gasteiger partial charge in [0.2, 0.25) is 5.91 Å². The SMILES string of the molecule is CN(C(=O)c1ccc2c(c1)NC(=O)CS2)C1CCS(=O)(=O)C1. The van der Waals surface area contributed by atoms with Gasteiger partial charge in [0.15, 0.2) is 9.84 Å². The average Bonchev–Trinajstić information content (AvgIpc) is 2.85. The summed E-state index contributed by atoms with van der Waals surface area (Å²) in [6.07, 6.45) is 0.474. The summed E-state index contributed by atoms with van der Waals surface area (Å²) in [4.78, 5) is 26.4. The Morgan fingerprint density at radius 3 is 2.86 bits per heavy atom. The van der Waals surface area contributed by atoms with Crippen molar-refractivity contribution in [1.29, 1.82) is 0 Å². The molecule has 1 unspecified atom stereocenters. The number of amides is 2. The van der Waals surface area contributed by atoms with Crippen molar-refractivity contribution in [2.75, 3.05) is 29.6 Å². The zero-order valence-electron chi connectivity index (χ0n) is 12.0. The highest BCUT2D eigenvalue weighted by Crippen LogP contribution is 2.32. The van der Waals surface area contributed by atoms with Crippen LogP contribution in [-0.4, -0.2) is 55.5 Å². The van der Waals surface area contributed by atoms with Gasteiger partial charge >= 0.3 is 0 Å². The lowest BCUT2D eigenvalue weighted by Crippen LogP contribution is -2.37. The number of anilines is 1. The lowest BCUT2D eigenvalue weighted by Gasteiger charge is -2.24. The molecule has 0 spiro atoms. The predicted molar refractivity (Wildman–Crippen MR) is 84.9 cm³/mol. The molecule has 0 aromatic heterocycles. The molecular weight excluding hydrogens is 324 g/mol. The second-order valence-corrected chi connectivity index (χ2v) is 8.77. The van der Waals surface area contributed by atoms with Gasteiger partial charge in [-0.25, -0.2) is 8.42 Å². The van der Waals surface area contributed by atoms with Gasteiger partial charge in [0, 0.05) is 23.5 Å². The standard InChI is InChI=1S/C14H16N2O4S2/c1-16(10-4-5-22(19,20)8-10)14(18)9-2-3-12-11(6-9)15-13(17)7-21-12/h2-3,6,10H,4-5,7-8H2,1H3,(H,15,17). The first kappa shape index (κ1) is 15.4. The highest BCUT2D eigenvalue weighted by molar-refractivity contribution is 8.00. The Morgan fingerprint density at radius 2 is 2.18 bits per heavy atom. The lowest BCUT2D eigenvalue weighted by atomic mass is 10.1. The number of nitrogens with zero attached hydrogens (tertiary/aromatic N) is 1. The Hall–Kier alpha value is -1.54. The molecule has 22 heavy (non-hydrogen) atoms. The van der Waals surface area contributed by atoms with E-state index in [1.54, 1.807) is 19.2 Å². The van der Waals surface area contributed by atoms with Gasteiger partial charge in [0.05, 0.1) is 22.9 Å². The molecule has 0 aliphatic carbocycles. The Kier molecular flexibility index (Phi) is 3.90. The molecule has 1 atom stereocenters. The van der Waals surface area contributed by atoms with Crippen molar-refractivity contribution >= 4 is 39.1 Å². The van der Waals surface area contributed by atoms with Crippen LogP contribution in [0.15, 0.2) is 23.1 Å². The van der Waals surface area contributed by atoms with E-state index in [2.05, 4.69) is 5.32 Å². The molecule has 0 saturated carbocycles. The summed E-state index contributed by atoms with van der Waals surface area (Å²) < 4.78 is 23.1. The fourth-order valence-corrected chi connectivity index (χ4v) is 5.23. The molecule has 1 aromatic rings. The van der Waals surface area contributed by atoms with Crippen LogP contribution in [0.3, 0.4) is 0 Å². The fraction of sp³-hybridized carbons (Fsp3) is 0.429. The molecule has 0 radical (unpaired) electrons. The first-order valence-electron chi connectivity index (χ1n) is 6.90. The van der Waals surface area contributed by atoms with Gasteiger partial charge in [-0.05, 0) is 24.6 Å². The third kappa shape index (κ3) is 2.98. The van der Waals surface area contributed by atoms with E-state index >= 15 is 0 Å². The number of nitrogens with one attached hydrogen (secondary N) is 1. The van der Waals surface area contributed by atoms with E-state index in [4.69, 9.17) is 0 Å². The first-order chi connectivity index (χ1) is 10.4. The monoisotopic (exact) mass is 340 g/mol. The number of carbonyl (C=O) groups is 2. The van der Waals surface area contributed by atoms with Crippen LogP contribution in [0.25, 0.3) is 0 Å². The van der Waals surface area contributed by atoms with Crippen LogP contribution < -0.4 is 5.32 Å². The van der Waals surface area contributed by atoms with Crippen LogP contribution in [0.1, 0.15) is 16.8 Å². The van der Waals surface area contributed by atoms with E-state index in [-0.39, 0.29) is 29.4 Å². The summed E-state index contributed by atoms with van der Waals surface area (Å²) in [6, 6.07) is 4.90. The minimum atomic E-state index is -3.03. The highest BCUT2D eigenvalue weighted by atomic mass is 32.2. The molecule has 0 bridgehead atoms. The Balaban J connectivity index is 1.80. The van der Waals surface area contributed by atoms with Crippen molar-refractivity contribution in [3.8, 4) is 0 Å². The molecular formula is C14H16N2O4S2. The maximum atomic E-state index is 12.5. The third-order valence-electron chi connectivity index (χ3n) is 3.94. The number of hydrogen-bond donors (Lipinski definition) is 1. The normalized spacial score (nSPS) is 22.8. The molecule has 6 nitrogen and oxygen atoms in total. The van der Waals surface area contributed by atoms with E-state index in [9.17, 15) is 18.0 Å². The van der Waals surface area contributed by atoms with Crippen molar-refractivity contribution < 1.29 is 18.0 Å². The van der Waals surface area contributed by atoms with Gasteiger partial charge in [-0.3, -0.25) is 9.59 Å². The topological polar surface area (TPSA) is 83.6 Å². The molecule has 2 heterocycles. The smallest absolute Gasteiger partial charge is 0.253 e. The van der Waals surface area contributed by atoms with Crippen molar-refractivity contribution in [1.82, 2.24) is 4.90 Å². The minimum absolute atomic E-state index is 0.0206. The Labute approximate surface area is 133 Å². The number of thioether (sulfide) groups is 1. The second kappa shape index (κ2) is 5.58. The van der Waals surface area contributed by atoms with E-state index in [1.807, 2.05) is 6.07 Å². The maximum Gasteiger partial charge on any atom is 0.253 e. The van der Waals surface area contributed by atoms with Crippen LogP contribution >= 0.6 is 11.8 Å². The van der Waals surface area contributed by atoms with Crippen molar-refractivity contribution in [3.63, 3.8) is 0 Å². The average molecular weight is 340 g/mol. The summed E-state index contributed by atoms with van der Waals surface area (Å²) >= 11 is 1.43. The van der Waals surface area contributed by atoms with E-state index < -0.39 is 9.84 Å². The molecule has 8 heteroatoms. The highest BCUT2D eigenvalue weighted by Gasteiger charge is 2.33. The Morgan fingerprint density at radius 1 is 1.41 bits per heavy atom. The molecule has 1 fully saturated rings. The Bertz CT molecular complexity index is 745. The third-order valence-corrected chi connectivity index (χ3v) is 6.76. The van der Waals surface area contributed by atoms with E-state index in [0.717, 1.165) is 4.90 Å². The van der Waals surface area contributed by atoms with Crippen molar-refractivity contribution in [2.24, 2.45) is 0 Å². The molecule has 1 aromatic carbocycles. The largest absolute Gasteiger partial charge is 0.338 e. The van der Waals surface area contributed by atoms with Gasteiger partial charge in [0.1, 0.15) is 0 Å². The quantitative estimate of drug-likeness (QED) is 0.868. The molecule has 2 aliphatic heterocycles. The lowest BCUT2D eigenvalue weighted by molar-refractivity contribution is -0.113. The molecule has 2 aliphatic rings. The minimum Gasteiger partial charge on any atom is -0.338 e. The number of carbonyl (C=O) groups excluding carboxylic acids is 2. The van der Waals surface area contributed by atoms with E-state index in [0.29, 0.717) is 23.4 Å². The summed E-state index contributed by atoms with van der Waals surface area (Å²) in [5.74, 6) is 0.214. The number of rotatable bonds is 2. The molecule has 1 N–H and O–H groups in total. The zero-order chi connectivity index (χ0) is 15.9. The van der Waals surface area contributed by atoms with Gasteiger partial charge in [-0.1, -0.05) is 0 Å². The van der Waals surface area contributed by atoms with Crippen LogP contribution in [0.2, 0.25) is 0 Å². The van der Waals surface area contributed by atoms with E-state index in [1.165, 1.54) is 16.7 Å². The van der Waals surface area contributed by atoms with Crippen molar-refractivity contribution in [2.45, 2.75) is 17.4 Å². The number of sulfone groups is 1. The van der Waals surface area contributed by atoms with Crippen LogP contribution in [0.4, 0.5) is 5.69 Å². The first-order valence-corrected chi connectivity index (χ1v) is 9.71. The van der Waals surface area contributed by atoms with Crippen LogP contribution in [-0.2, 0) is 14.6 Å².